The number of aryl methyl sites for hydroxylation is 1. The van der Waals surface area contributed by atoms with Crippen molar-refractivity contribution < 1.29 is 14.3 Å². The third-order valence-electron chi connectivity index (χ3n) is 2.88. The summed E-state index contributed by atoms with van der Waals surface area (Å²) in [6, 6.07) is 14.2. The fourth-order valence-electron chi connectivity index (χ4n) is 1.71. The summed E-state index contributed by atoms with van der Waals surface area (Å²) in [7, 11) is 0. The molecule has 0 spiro atoms. The molecule has 2 rings (SSSR count). The molecule has 0 radical (unpaired) electrons. The first-order valence-corrected chi connectivity index (χ1v) is 7.21. The van der Waals surface area contributed by atoms with E-state index in [0.29, 0.717) is 11.3 Å². The quantitative estimate of drug-likeness (QED) is 0.512. The number of hydrogen-bond donors (Lipinski definition) is 1. The van der Waals surface area contributed by atoms with E-state index in [-0.39, 0.29) is 5.78 Å². The van der Waals surface area contributed by atoms with Crippen molar-refractivity contribution in [3.8, 4) is 11.5 Å². The number of hydrogen-bond acceptors (Lipinski definition) is 3. The number of rotatable bonds is 5. The molecule has 0 fully saturated rings. The number of halogens is 1. The Morgan fingerprint density at radius 3 is 1.95 bits per heavy atom. The van der Waals surface area contributed by atoms with E-state index in [4.69, 9.17) is 10.5 Å². The SMILES string of the molecule is Cc1ccc(Oc2ccc(C(=O)C(Br)C(N)=O)cc2)cc1. The summed E-state index contributed by atoms with van der Waals surface area (Å²) in [5.74, 6) is 0.250. The van der Waals surface area contributed by atoms with E-state index in [0.717, 1.165) is 11.3 Å². The number of benzene rings is 2. The minimum atomic E-state index is -1.01. The number of carbonyl (C=O) groups is 2. The number of amides is 1. The van der Waals surface area contributed by atoms with Gasteiger partial charge in [-0.25, -0.2) is 0 Å². The fraction of sp³-hybridized carbons (Fsp3) is 0.125. The summed E-state index contributed by atoms with van der Waals surface area (Å²) in [5.41, 5.74) is 6.63. The zero-order valence-corrected chi connectivity index (χ0v) is 13.0. The molecule has 0 saturated heterocycles. The Bertz CT molecular complexity index is 650. The standard InChI is InChI=1S/C16H14BrNO3/c1-10-2-6-12(7-3-10)21-13-8-4-11(5-9-13)15(19)14(17)16(18)20/h2-9,14H,1H3,(H2,18,20). The maximum absolute atomic E-state index is 11.9. The number of ether oxygens (including phenoxy) is 1. The number of nitrogens with two attached hydrogens (primary N) is 1. The normalized spacial score (nSPS) is 11.7. The van der Waals surface area contributed by atoms with Gasteiger partial charge in [-0.3, -0.25) is 9.59 Å². The van der Waals surface area contributed by atoms with E-state index in [1.165, 1.54) is 0 Å². The number of ketones is 1. The van der Waals surface area contributed by atoms with Gasteiger partial charge in [0.15, 0.2) is 10.6 Å². The second-order valence-corrected chi connectivity index (χ2v) is 5.48. The van der Waals surface area contributed by atoms with Crippen molar-refractivity contribution in [2.45, 2.75) is 11.8 Å². The van der Waals surface area contributed by atoms with Crippen molar-refractivity contribution in [1.82, 2.24) is 0 Å². The Morgan fingerprint density at radius 2 is 1.48 bits per heavy atom. The summed E-state index contributed by atoms with van der Waals surface area (Å²) >= 11 is 2.97. The molecule has 1 atom stereocenters. The molecule has 4 nitrogen and oxygen atoms in total. The summed E-state index contributed by atoms with van der Waals surface area (Å²) in [6.07, 6.45) is 0. The first-order chi connectivity index (χ1) is 9.97. The van der Waals surface area contributed by atoms with Crippen molar-refractivity contribution in [3.05, 3.63) is 59.7 Å². The molecule has 1 unspecified atom stereocenters. The fourth-order valence-corrected chi connectivity index (χ4v) is 1.97. The van der Waals surface area contributed by atoms with E-state index in [2.05, 4.69) is 15.9 Å². The minimum Gasteiger partial charge on any atom is -0.457 e. The van der Waals surface area contributed by atoms with Crippen LogP contribution in [0.1, 0.15) is 15.9 Å². The second-order valence-electron chi connectivity index (χ2n) is 4.57. The monoisotopic (exact) mass is 347 g/mol. The molecular weight excluding hydrogens is 334 g/mol. The average molecular weight is 348 g/mol. The van der Waals surface area contributed by atoms with Gasteiger partial charge >= 0.3 is 0 Å². The lowest BCUT2D eigenvalue weighted by Gasteiger charge is -2.08. The van der Waals surface area contributed by atoms with Gasteiger partial charge in [0.1, 0.15) is 11.5 Å². The van der Waals surface area contributed by atoms with Gasteiger partial charge in [-0.15, -0.1) is 0 Å². The van der Waals surface area contributed by atoms with Crippen LogP contribution in [0.4, 0.5) is 0 Å². The largest absolute Gasteiger partial charge is 0.457 e. The second kappa shape index (κ2) is 6.54. The highest BCUT2D eigenvalue weighted by Crippen LogP contribution is 2.22. The first kappa shape index (κ1) is 15.3. The van der Waals surface area contributed by atoms with Crippen LogP contribution >= 0.6 is 15.9 Å². The Labute approximate surface area is 131 Å². The van der Waals surface area contributed by atoms with Crippen LogP contribution in [-0.2, 0) is 4.79 Å². The highest BCUT2D eigenvalue weighted by molar-refractivity contribution is 9.10. The van der Waals surface area contributed by atoms with Crippen LogP contribution in [0.2, 0.25) is 0 Å². The van der Waals surface area contributed by atoms with Crippen molar-refractivity contribution in [1.29, 1.82) is 0 Å². The molecule has 0 aliphatic carbocycles. The zero-order valence-electron chi connectivity index (χ0n) is 11.4. The first-order valence-electron chi connectivity index (χ1n) is 6.29. The molecule has 5 heteroatoms. The molecule has 0 aromatic heterocycles. The van der Waals surface area contributed by atoms with E-state index in [9.17, 15) is 9.59 Å². The van der Waals surface area contributed by atoms with Crippen LogP contribution in [0.3, 0.4) is 0 Å². The van der Waals surface area contributed by atoms with Gasteiger partial charge in [0, 0.05) is 5.56 Å². The van der Waals surface area contributed by atoms with Crippen molar-refractivity contribution in [3.63, 3.8) is 0 Å². The van der Waals surface area contributed by atoms with Gasteiger partial charge in [-0.1, -0.05) is 33.6 Å². The third kappa shape index (κ3) is 3.92. The van der Waals surface area contributed by atoms with Crippen LogP contribution in [-0.4, -0.2) is 16.5 Å². The molecule has 2 aromatic rings. The molecule has 1 amide bonds. The molecule has 108 valence electrons. The predicted molar refractivity (Wildman–Crippen MR) is 83.9 cm³/mol. The summed E-state index contributed by atoms with van der Waals surface area (Å²) in [6.45, 7) is 2.00. The Hall–Kier alpha value is -2.14. The van der Waals surface area contributed by atoms with Crippen LogP contribution in [0.25, 0.3) is 0 Å². The van der Waals surface area contributed by atoms with Gasteiger partial charge in [-0.05, 0) is 43.3 Å². The summed E-state index contributed by atoms with van der Waals surface area (Å²) in [4.78, 5) is 21.9. The lowest BCUT2D eigenvalue weighted by molar-refractivity contribution is -0.116. The molecule has 0 saturated carbocycles. The predicted octanol–water partition coefficient (Wildman–Crippen LogP) is 3.22. The Morgan fingerprint density at radius 1 is 1.00 bits per heavy atom. The van der Waals surface area contributed by atoms with Crippen molar-refractivity contribution >= 4 is 27.6 Å². The van der Waals surface area contributed by atoms with E-state index >= 15 is 0 Å². The van der Waals surface area contributed by atoms with Gasteiger partial charge < -0.3 is 10.5 Å². The van der Waals surface area contributed by atoms with Crippen LogP contribution in [0.15, 0.2) is 48.5 Å². The molecule has 21 heavy (non-hydrogen) atoms. The Balaban J connectivity index is 2.10. The van der Waals surface area contributed by atoms with E-state index < -0.39 is 10.7 Å². The maximum atomic E-state index is 11.9. The molecule has 2 N–H and O–H groups in total. The van der Waals surface area contributed by atoms with Gasteiger partial charge in [0.2, 0.25) is 5.91 Å². The van der Waals surface area contributed by atoms with Gasteiger partial charge in [-0.2, -0.15) is 0 Å². The van der Waals surface area contributed by atoms with E-state index in [1.807, 2.05) is 31.2 Å². The highest BCUT2D eigenvalue weighted by Gasteiger charge is 2.22. The summed E-state index contributed by atoms with van der Waals surface area (Å²) in [5, 5.41) is 0. The lowest BCUT2D eigenvalue weighted by atomic mass is 10.1. The van der Waals surface area contributed by atoms with Crippen molar-refractivity contribution in [2.75, 3.05) is 0 Å². The van der Waals surface area contributed by atoms with E-state index in [1.54, 1.807) is 24.3 Å². The average Bonchev–Trinajstić information content (AvgIpc) is 2.49. The number of carbonyl (C=O) groups excluding carboxylic acids is 2. The smallest absolute Gasteiger partial charge is 0.239 e. The zero-order chi connectivity index (χ0) is 15.4. The lowest BCUT2D eigenvalue weighted by Crippen LogP contribution is -2.30. The molecule has 0 aliphatic rings. The molecular formula is C16H14BrNO3. The molecule has 0 aliphatic heterocycles. The topological polar surface area (TPSA) is 69.4 Å². The number of Topliss-reactive ketones (excluding diaryl/α,β-unsaturated/α-hetero) is 1. The van der Waals surface area contributed by atoms with Crippen molar-refractivity contribution in [2.24, 2.45) is 5.73 Å². The molecule has 0 heterocycles. The number of alkyl halides is 1. The van der Waals surface area contributed by atoms with Gasteiger partial charge in [0.25, 0.3) is 0 Å². The maximum Gasteiger partial charge on any atom is 0.239 e. The van der Waals surface area contributed by atoms with Crippen LogP contribution < -0.4 is 10.5 Å². The van der Waals surface area contributed by atoms with Crippen LogP contribution in [0, 0.1) is 6.92 Å². The van der Waals surface area contributed by atoms with Gasteiger partial charge in [0.05, 0.1) is 0 Å². The number of primary amides is 1. The molecule has 2 aromatic carbocycles. The third-order valence-corrected chi connectivity index (χ3v) is 3.74. The highest BCUT2D eigenvalue weighted by atomic mass is 79.9. The Kier molecular flexibility index (Phi) is 4.75. The van der Waals surface area contributed by atoms with Crippen LogP contribution in [0.5, 0.6) is 11.5 Å². The minimum absolute atomic E-state index is 0.371. The molecule has 0 bridgehead atoms. The summed E-state index contributed by atoms with van der Waals surface area (Å²) < 4.78 is 5.66.